The van der Waals surface area contributed by atoms with Gasteiger partial charge in [0.1, 0.15) is 12.6 Å². The van der Waals surface area contributed by atoms with Gasteiger partial charge in [0.05, 0.1) is 6.04 Å². The van der Waals surface area contributed by atoms with Crippen LogP contribution in [-0.4, -0.2) is 34.3 Å². The predicted octanol–water partition coefficient (Wildman–Crippen LogP) is 2.88. The smallest absolute Gasteiger partial charge is 0.251 e. The summed E-state index contributed by atoms with van der Waals surface area (Å²) in [5.74, 6) is -0.272. The molecule has 0 saturated carbocycles. The Hall–Kier alpha value is -3.12. The van der Waals surface area contributed by atoms with Crippen molar-refractivity contribution < 1.29 is 9.59 Å². The Bertz CT molecular complexity index is 922. The zero-order valence-electron chi connectivity index (χ0n) is 16.1. The molecule has 2 aromatic carbocycles. The van der Waals surface area contributed by atoms with Crippen LogP contribution in [0.4, 0.5) is 5.69 Å². The molecule has 2 unspecified atom stereocenters. The Morgan fingerprint density at radius 2 is 1.86 bits per heavy atom. The minimum absolute atomic E-state index is 0.00318. The molecule has 2 N–H and O–H groups in total. The van der Waals surface area contributed by atoms with Crippen molar-refractivity contribution in [3.05, 3.63) is 77.6 Å². The fourth-order valence-electron chi connectivity index (χ4n) is 3.64. The zero-order valence-corrected chi connectivity index (χ0v) is 16.1. The van der Waals surface area contributed by atoms with Crippen molar-refractivity contribution in [2.75, 3.05) is 11.9 Å². The molecule has 0 spiro atoms. The van der Waals surface area contributed by atoms with Gasteiger partial charge in [0.2, 0.25) is 5.91 Å². The Balaban J connectivity index is 1.40. The van der Waals surface area contributed by atoms with Crippen molar-refractivity contribution in [1.82, 2.24) is 15.3 Å². The van der Waals surface area contributed by atoms with E-state index < -0.39 is 0 Å². The maximum absolute atomic E-state index is 12.9. The van der Waals surface area contributed by atoms with Crippen LogP contribution in [0.1, 0.15) is 29.2 Å². The van der Waals surface area contributed by atoms with Crippen molar-refractivity contribution in [3.63, 3.8) is 0 Å². The summed E-state index contributed by atoms with van der Waals surface area (Å²) in [5.41, 5.74) is 7.50. The molecule has 144 valence electrons. The number of hydrazine groups is 1. The lowest BCUT2D eigenvalue weighted by molar-refractivity contribution is -0.137. The van der Waals surface area contributed by atoms with E-state index in [9.17, 15) is 9.59 Å². The van der Waals surface area contributed by atoms with Crippen LogP contribution in [0.5, 0.6) is 0 Å². The van der Waals surface area contributed by atoms with Crippen LogP contribution >= 0.6 is 0 Å². The van der Waals surface area contributed by atoms with E-state index >= 15 is 0 Å². The molecule has 2 heterocycles. The third-order valence-corrected chi connectivity index (χ3v) is 5.29. The van der Waals surface area contributed by atoms with E-state index in [1.54, 1.807) is 6.20 Å². The number of para-hydroxylation sites is 1. The van der Waals surface area contributed by atoms with Gasteiger partial charge in [0.25, 0.3) is 5.91 Å². The summed E-state index contributed by atoms with van der Waals surface area (Å²) in [7, 11) is 0. The van der Waals surface area contributed by atoms with Crippen LogP contribution < -0.4 is 10.7 Å². The predicted molar refractivity (Wildman–Crippen MR) is 108 cm³/mol. The largest absolute Gasteiger partial charge is 0.324 e. The van der Waals surface area contributed by atoms with Gasteiger partial charge >= 0.3 is 0 Å². The van der Waals surface area contributed by atoms with E-state index in [4.69, 9.17) is 0 Å². The Kier molecular flexibility index (Phi) is 4.88. The van der Waals surface area contributed by atoms with E-state index in [2.05, 4.69) is 41.9 Å². The van der Waals surface area contributed by atoms with E-state index in [-0.39, 0.29) is 30.4 Å². The number of carbonyl (C=O) groups excluding carboxylic acids is 2. The van der Waals surface area contributed by atoms with Gasteiger partial charge in [-0.2, -0.15) is 0 Å². The molecule has 0 bridgehead atoms. The first-order chi connectivity index (χ1) is 13.5. The molecular weight excluding hydrogens is 352 g/mol. The average Bonchev–Trinajstić information content (AvgIpc) is 3.12. The van der Waals surface area contributed by atoms with Gasteiger partial charge in [-0.1, -0.05) is 48.0 Å². The Morgan fingerprint density at radius 3 is 2.61 bits per heavy atom. The summed E-state index contributed by atoms with van der Waals surface area (Å²) in [4.78, 5) is 26.8. The van der Waals surface area contributed by atoms with Gasteiger partial charge in [-0.15, -0.1) is 0 Å². The summed E-state index contributed by atoms with van der Waals surface area (Å²) in [6.07, 6.45) is 4.17. The quantitative estimate of drug-likeness (QED) is 0.861. The van der Waals surface area contributed by atoms with Gasteiger partial charge in [-0.05, 0) is 37.5 Å². The average molecular weight is 376 g/mol. The van der Waals surface area contributed by atoms with Crippen LogP contribution in [0.15, 0.2) is 60.9 Å². The molecule has 6 heteroatoms. The first kappa shape index (κ1) is 18.3. The lowest BCUT2D eigenvalue weighted by Crippen LogP contribution is -2.49. The van der Waals surface area contributed by atoms with Crippen molar-refractivity contribution in [2.24, 2.45) is 0 Å². The maximum atomic E-state index is 12.9. The maximum Gasteiger partial charge on any atom is 0.251 e. The molecule has 2 amide bonds. The number of hydrogen-bond donors (Lipinski definition) is 2. The molecule has 28 heavy (non-hydrogen) atoms. The van der Waals surface area contributed by atoms with Crippen molar-refractivity contribution >= 4 is 17.5 Å². The number of nitrogens with one attached hydrogen (secondary N) is 2. The SMILES string of the molecule is Cc1ccc(C2CC3C(=O)N(CC(=O)Nc4ccccc4C)C=CN3N2)cc1. The summed E-state index contributed by atoms with van der Waals surface area (Å²) >= 11 is 0. The topological polar surface area (TPSA) is 64.7 Å². The number of hydrogen-bond acceptors (Lipinski definition) is 4. The fourth-order valence-corrected chi connectivity index (χ4v) is 3.64. The van der Waals surface area contributed by atoms with E-state index in [0.717, 1.165) is 16.8 Å². The van der Waals surface area contributed by atoms with Crippen LogP contribution in [0.25, 0.3) is 0 Å². The number of aryl methyl sites for hydroxylation is 2. The summed E-state index contributed by atoms with van der Waals surface area (Å²) in [5, 5.41) is 4.73. The number of anilines is 1. The Morgan fingerprint density at radius 1 is 1.11 bits per heavy atom. The lowest BCUT2D eigenvalue weighted by atomic mass is 10.00. The highest BCUT2D eigenvalue weighted by molar-refractivity contribution is 5.96. The minimum Gasteiger partial charge on any atom is -0.324 e. The molecule has 4 rings (SSSR count). The molecule has 2 aromatic rings. The van der Waals surface area contributed by atoms with E-state index in [1.807, 2.05) is 42.4 Å². The fraction of sp³-hybridized carbons (Fsp3) is 0.273. The molecule has 6 nitrogen and oxygen atoms in total. The summed E-state index contributed by atoms with van der Waals surface area (Å²) < 4.78 is 0. The summed E-state index contributed by atoms with van der Waals surface area (Å²) in [6, 6.07) is 15.7. The molecule has 2 atom stereocenters. The van der Waals surface area contributed by atoms with Gasteiger partial charge in [0.15, 0.2) is 0 Å². The second-order valence-electron chi connectivity index (χ2n) is 7.38. The molecule has 1 fully saturated rings. The van der Waals surface area contributed by atoms with Gasteiger partial charge in [-0.25, -0.2) is 5.43 Å². The molecule has 0 aliphatic carbocycles. The molecule has 0 aromatic heterocycles. The standard InChI is InChI=1S/C22H24N4O2/c1-15-7-9-17(10-8-15)19-13-20-22(28)25(11-12-26(20)24-19)14-21(27)23-18-6-4-3-5-16(18)2/h3-12,19-20,24H,13-14H2,1-2H3,(H,23,27). The van der Waals surface area contributed by atoms with Crippen LogP contribution in [0.2, 0.25) is 0 Å². The van der Waals surface area contributed by atoms with Crippen molar-refractivity contribution in [1.29, 1.82) is 0 Å². The summed E-state index contributed by atoms with van der Waals surface area (Å²) in [6.45, 7) is 4.00. The molecule has 2 aliphatic heterocycles. The highest BCUT2D eigenvalue weighted by atomic mass is 16.2. The minimum atomic E-state index is -0.303. The van der Waals surface area contributed by atoms with E-state index in [1.165, 1.54) is 10.5 Å². The highest BCUT2D eigenvalue weighted by Gasteiger charge is 2.40. The molecular formula is C22H24N4O2. The van der Waals surface area contributed by atoms with Crippen LogP contribution in [0.3, 0.4) is 0 Å². The van der Waals surface area contributed by atoms with Crippen molar-refractivity contribution in [2.45, 2.75) is 32.4 Å². The number of nitrogens with zero attached hydrogens (tertiary/aromatic N) is 2. The third-order valence-electron chi connectivity index (χ3n) is 5.29. The van der Waals surface area contributed by atoms with Gasteiger partial charge < -0.3 is 15.2 Å². The second kappa shape index (κ2) is 7.48. The number of carbonyl (C=O) groups is 2. The van der Waals surface area contributed by atoms with E-state index in [0.29, 0.717) is 6.42 Å². The first-order valence-corrected chi connectivity index (χ1v) is 9.46. The highest BCUT2D eigenvalue weighted by Crippen LogP contribution is 2.30. The Labute approximate surface area is 164 Å². The van der Waals surface area contributed by atoms with Gasteiger partial charge in [-0.3, -0.25) is 9.59 Å². The molecule has 1 saturated heterocycles. The third kappa shape index (κ3) is 3.64. The number of fused-ring (bicyclic) bond motifs is 1. The number of amides is 2. The number of rotatable bonds is 4. The second-order valence-corrected chi connectivity index (χ2v) is 7.38. The molecule has 0 radical (unpaired) electrons. The monoisotopic (exact) mass is 376 g/mol. The van der Waals surface area contributed by atoms with Crippen LogP contribution in [0, 0.1) is 13.8 Å². The molecule has 2 aliphatic rings. The van der Waals surface area contributed by atoms with Gasteiger partial charge in [0, 0.05) is 18.1 Å². The van der Waals surface area contributed by atoms with Crippen molar-refractivity contribution in [3.8, 4) is 0 Å². The zero-order chi connectivity index (χ0) is 19.7. The first-order valence-electron chi connectivity index (χ1n) is 9.46. The lowest BCUT2D eigenvalue weighted by Gasteiger charge is -2.31. The normalized spacial score (nSPS) is 21.0. The van der Waals surface area contributed by atoms with Crippen LogP contribution in [-0.2, 0) is 9.59 Å². The number of benzene rings is 2.